The van der Waals surface area contributed by atoms with E-state index in [1.54, 1.807) is 0 Å². The van der Waals surface area contributed by atoms with Crippen molar-refractivity contribution in [3.05, 3.63) is 86.5 Å². The SMILES string of the molecule is Cc1cc(C)c([O-])c(C)c1.Cc1cc(C)c([O-])c(C)c1.Cc1cc(C)c([O-])c(C)c1.[Al+3]. The molecule has 3 nitrogen and oxygen atoms in total. The van der Waals surface area contributed by atoms with Crippen molar-refractivity contribution in [2.24, 2.45) is 0 Å². The van der Waals surface area contributed by atoms with Gasteiger partial charge in [0.25, 0.3) is 0 Å². The van der Waals surface area contributed by atoms with E-state index >= 15 is 0 Å². The first-order valence-corrected chi connectivity index (χ1v) is 10.1. The smallest absolute Gasteiger partial charge is 0.872 e. The van der Waals surface area contributed by atoms with E-state index in [0.29, 0.717) is 0 Å². The molecule has 0 aliphatic heterocycles. The molecule has 0 spiro atoms. The van der Waals surface area contributed by atoms with Crippen molar-refractivity contribution in [2.45, 2.75) is 62.3 Å². The summed E-state index contributed by atoms with van der Waals surface area (Å²) in [7, 11) is 0. The van der Waals surface area contributed by atoms with Crippen LogP contribution in [-0.4, -0.2) is 17.4 Å². The van der Waals surface area contributed by atoms with E-state index in [4.69, 9.17) is 0 Å². The maximum atomic E-state index is 11.1. The summed E-state index contributed by atoms with van der Waals surface area (Å²) >= 11 is 0. The van der Waals surface area contributed by atoms with Gasteiger partial charge in [0.1, 0.15) is 0 Å². The van der Waals surface area contributed by atoms with E-state index in [9.17, 15) is 15.3 Å². The number of benzene rings is 3. The molecule has 0 aromatic heterocycles. The molecule has 0 fully saturated rings. The molecule has 0 bridgehead atoms. The zero-order valence-corrected chi connectivity index (χ0v) is 21.4. The van der Waals surface area contributed by atoms with Crippen LogP contribution in [0.25, 0.3) is 0 Å². The van der Waals surface area contributed by atoms with Crippen molar-refractivity contribution in [2.75, 3.05) is 0 Å². The van der Waals surface area contributed by atoms with Crippen LogP contribution in [0.1, 0.15) is 50.1 Å². The second kappa shape index (κ2) is 12.4. The van der Waals surface area contributed by atoms with Gasteiger partial charge in [-0.3, -0.25) is 0 Å². The summed E-state index contributed by atoms with van der Waals surface area (Å²) in [6.45, 7) is 17.1. The monoisotopic (exact) mass is 432 g/mol. The molecule has 3 aromatic carbocycles. The molecule has 3 rings (SSSR count). The largest absolute Gasteiger partial charge is 3.00 e. The molecule has 0 heterocycles. The zero-order chi connectivity index (χ0) is 23.2. The van der Waals surface area contributed by atoms with E-state index in [1.807, 2.05) is 98.7 Å². The van der Waals surface area contributed by atoms with E-state index in [0.717, 1.165) is 50.1 Å². The maximum Gasteiger partial charge on any atom is 3.00 e. The van der Waals surface area contributed by atoms with Gasteiger partial charge in [0, 0.05) is 0 Å². The van der Waals surface area contributed by atoms with Crippen LogP contribution in [0.5, 0.6) is 17.2 Å². The van der Waals surface area contributed by atoms with Crippen molar-refractivity contribution < 1.29 is 15.3 Å². The maximum absolute atomic E-state index is 11.1. The summed E-state index contributed by atoms with van der Waals surface area (Å²) in [5, 5.41) is 33.4. The van der Waals surface area contributed by atoms with E-state index in [1.165, 1.54) is 0 Å². The summed E-state index contributed by atoms with van der Waals surface area (Å²) in [5.41, 5.74) is 8.55. The normalized spacial score (nSPS) is 9.58. The Labute approximate surface area is 198 Å². The van der Waals surface area contributed by atoms with Crippen LogP contribution in [0.2, 0.25) is 0 Å². The number of hydrogen-bond acceptors (Lipinski definition) is 3. The molecule has 162 valence electrons. The van der Waals surface area contributed by atoms with Crippen molar-refractivity contribution in [3.63, 3.8) is 0 Å². The molecular formula is C27H33AlO3. The van der Waals surface area contributed by atoms with Gasteiger partial charge < -0.3 is 15.3 Å². The van der Waals surface area contributed by atoms with Gasteiger partial charge in [-0.15, -0.1) is 17.2 Å². The molecule has 3 aromatic rings. The Hall–Kier alpha value is -2.41. The predicted molar refractivity (Wildman–Crippen MR) is 126 cm³/mol. The Bertz CT molecular complexity index is 822. The number of aryl methyl sites for hydroxylation is 9. The van der Waals surface area contributed by atoms with Crippen LogP contribution in [0.4, 0.5) is 0 Å². The quantitative estimate of drug-likeness (QED) is 0.485. The van der Waals surface area contributed by atoms with Gasteiger partial charge in [0.15, 0.2) is 0 Å². The molecule has 0 saturated heterocycles. The van der Waals surface area contributed by atoms with Gasteiger partial charge in [0.05, 0.1) is 0 Å². The van der Waals surface area contributed by atoms with Crippen LogP contribution in [-0.2, 0) is 0 Å². The third-order valence-electron chi connectivity index (χ3n) is 4.81. The first kappa shape index (κ1) is 28.6. The van der Waals surface area contributed by atoms with Crippen molar-refractivity contribution in [3.8, 4) is 17.2 Å². The summed E-state index contributed by atoms with van der Waals surface area (Å²) in [6, 6.07) is 11.5. The van der Waals surface area contributed by atoms with Gasteiger partial charge >= 0.3 is 17.4 Å². The van der Waals surface area contributed by atoms with Crippen LogP contribution in [0, 0.1) is 62.3 Å². The minimum Gasteiger partial charge on any atom is -0.872 e. The molecule has 0 saturated carbocycles. The van der Waals surface area contributed by atoms with Crippen LogP contribution >= 0.6 is 0 Å². The fraction of sp³-hybridized carbons (Fsp3) is 0.333. The van der Waals surface area contributed by atoms with Crippen LogP contribution in [0.3, 0.4) is 0 Å². The summed E-state index contributed by atoms with van der Waals surface area (Å²) in [6.07, 6.45) is 0. The average molecular weight is 433 g/mol. The second-order valence-corrected chi connectivity index (χ2v) is 8.18. The van der Waals surface area contributed by atoms with Gasteiger partial charge in [-0.05, 0) is 62.3 Å². The summed E-state index contributed by atoms with van der Waals surface area (Å²) in [5.74, 6) is 0.516. The second-order valence-electron chi connectivity index (χ2n) is 8.18. The molecule has 0 aliphatic carbocycles. The Balaban J connectivity index is 0.000000429. The predicted octanol–water partition coefficient (Wildman–Crippen LogP) is 4.68. The molecule has 4 heteroatoms. The molecule has 0 aliphatic rings. The molecule has 0 atom stereocenters. The van der Waals surface area contributed by atoms with Gasteiger partial charge in [-0.25, -0.2) is 0 Å². The third-order valence-corrected chi connectivity index (χ3v) is 4.81. The fourth-order valence-corrected chi connectivity index (χ4v) is 3.50. The minimum absolute atomic E-state index is 0. The third kappa shape index (κ3) is 8.69. The summed E-state index contributed by atoms with van der Waals surface area (Å²) < 4.78 is 0. The van der Waals surface area contributed by atoms with E-state index in [-0.39, 0.29) is 34.6 Å². The Kier molecular flexibility index (Phi) is 11.5. The average Bonchev–Trinajstić information content (AvgIpc) is 2.63. The van der Waals surface area contributed by atoms with Crippen molar-refractivity contribution >= 4 is 17.4 Å². The molecule has 0 amide bonds. The molecule has 0 N–H and O–H groups in total. The Morgan fingerprint density at radius 2 is 0.484 bits per heavy atom. The minimum atomic E-state index is 0. The molecule has 31 heavy (non-hydrogen) atoms. The molecule has 0 radical (unpaired) electrons. The summed E-state index contributed by atoms with van der Waals surface area (Å²) in [4.78, 5) is 0. The van der Waals surface area contributed by atoms with Gasteiger partial charge in [0.2, 0.25) is 0 Å². The topological polar surface area (TPSA) is 69.2 Å². The van der Waals surface area contributed by atoms with Gasteiger partial charge in [-0.1, -0.05) is 86.5 Å². The standard InChI is InChI=1S/3C9H12O.Al/c3*1-6-4-7(2)9(10)8(3)5-6;/h3*4-5,10H,1-3H3;/q;;;+3/p-3. The van der Waals surface area contributed by atoms with E-state index < -0.39 is 0 Å². The van der Waals surface area contributed by atoms with Crippen LogP contribution in [0.15, 0.2) is 36.4 Å². The Morgan fingerprint density at radius 3 is 0.613 bits per heavy atom. The zero-order valence-electron chi connectivity index (χ0n) is 20.3. The van der Waals surface area contributed by atoms with Crippen molar-refractivity contribution in [1.29, 1.82) is 0 Å². The first-order chi connectivity index (χ1) is 13.8. The fourth-order valence-electron chi connectivity index (χ4n) is 3.50. The van der Waals surface area contributed by atoms with Gasteiger partial charge in [-0.2, -0.15) is 0 Å². The van der Waals surface area contributed by atoms with Crippen molar-refractivity contribution in [1.82, 2.24) is 0 Å². The van der Waals surface area contributed by atoms with Crippen LogP contribution < -0.4 is 15.3 Å². The van der Waals surface area contributed by atoms with E-state index in [2.05, 4.69) is 0 Å². The Morgan fingerprint density at radius 1 is 0.355 bits per heavy atom. The first-order valence-electron chi connectivity index (χ1n) is 10.1. The number of hydrogen-bond donors (Lipinski definition) is 0. The molecule has 0 unspecified atom stereocenters. The molecular weight excluding hydrogens is 399 g/mol. The number of rotatable bonds is 0.